The van der Waals surface area contributed by atoms with Crippen molar-refractivity contribution in [3.05, 3.63) is 23.8 Å². The number of benzene rings is 1. The van der Waals surface area contributed by atoms with E-state index in [1.165, 1.54) is 12.1 Å². The van der Waals surface area contributed by atoms with Gasteiger partial charge in [-0.15, -0.1) is 0 Å². The lowest BCUT2D eigenvalue weighted by Crippen LogP contribution is -2.42. The Morgan fingerprint density at radius 2 is 1.47 bits per heavy atom. The second-order valence-corrected chi connectivity index (χ2v) is 11.6. The molecule has 214 valence electrons. The van der Waals surface area contributed by atoms with Crippen LogP contribution in [0.1, 0.15) is 74.3 Å². The van der Waals surface area contributed by atoms with Crippen LogP contribution in [0.5, 0.6) is 11.5 Å². The Hall–Kier alpha value is -3.14. The van der Waals surface area contributed by atoms with Gasteiger partial charge in [-0.25, -0.2) is 4.79 Å². The predicted molar refractivity (Wildman–Crippen MR) is 141 cm³/mol. The quantitative estimate of drug-likeness (QED) is 0.283. The lowest BCUT2D eigenvalue weighted by Gasteiger charge is -2.22. The first kappa shape index (κ1) is 32.9. The van der Waals surface area contributed by atoms with Gasteiger partial charge >= 0.3 is 24.1 Å². The van der Waals surface area contributed by atoms with Crippen LogP contribution < -0.4 is 14.8 Å². The van der Waals surface area contributed by atoms with E-state index in [2.05, 4.69) is 5.32 Å². The van der Waals surface area contributed by atoms with Crippen molar-refractivity contribution < 1.29 is 43.2 Å². The molecule has 0 saturated carbocycles. The van der Waals surface area contributed by atoms with Crippen LogP contribution >= 0.6 is 0 Å². The average Bonchev–Trinajstić information content (AvgIpc) is 2.79. The zero-order chi connectivity index (χ0) is 29.3. The molecule has 0 amide bonds. The smallest absolute Gasteiger partial charge is 0.480 e. The number of hydrogen-bond acceptors (Lipinski definition) is 9. The van der Waals surface area contributed by atoms with E-state index in [0.717, 1.165) is 6.42 Å². The summed E-state index contributed by atoms with van der Waals surface area (Å²) in [6, 6.07) is 3.52. The van der Waals surface area contributed by atoms with E-state index in [9.17, 15) is 24.3 Å². The highest BCUT2D eigenvalue weighted by Crippen LogP contribution is 2.33. The monoisotopic (exact) mass is 537 g/mol. The third kappa shape index (κ3) is 11.5. The van der Waals surface area contributed by atoms with E-state index in [1.54, 1.807) is 54.5 Å². The molecular formula is C28H43NO9. The van der Waals surface area contributed by atoms with Crippen molar-refractivity contribution in [1.29, 1.82) is 0 Å². The maximum absolute atomic E-state index is 12.6. The first-order valence-electron chi connectivity index (χ1n) is 12.8. The highest BCUT2D eigenvalue weighted by atomic mass is 16.7. The van der Waals surface area contributed by atoms with Gasteiger partial charge in [-0.3, -0.25) is 14.4 Å². The molecule has 0 aliphatic carbocycles. The van der Waals surface area contributed by atoms with E-state index >= 15 is 0 Å². The van der Waals surface area contributed by atoms with Gasteiger partial charge < -0.3 is 29.4 Å². The number of carbonyl (C=O) groups excluding carboxylic acids is 3. The van der Waals surface area contributed by atoms with Gasteiger partial charge in [-0.2, -0.15) is 0 Å². The Labute approximate surface area is 225 Å². The van der Waals surface area contributed by atoms with Crippen LogP contribution in [0.2, 0.25) is 0 Å². The highest BCUT2D eigenvalue weighted by molar-refractivity contribution is 5.81. The number of esters is 2. The minimum atomic E-state index is -1.12. The summed E-state index contributed by atoms with van der Waals surface area (Å²) in [5, 5.41) is 12.6. The summed E-state index contributed by atoms with van der Waals surface area (Å²) < 4.78 is 21.3. The molecule has 2 unspecified atom stereocenters. The molecule has 0 aliphatic rings. The molecule has 0 aliphatic heterocycles. The van der Waals surface area contributed by atoms with Crippen molar-refractivity contribution >= 4 is 24.1 Å². The molecular weight excluding hydrogens is 494 g/mol. The topological polar surface area (TPSA) is 137 Å². The number of aliphatic carboxylic acids is 1. The zero-order valence-corrected chi connectivity index (χ0v) is 24.0. The average molecular weight is 538 g/mol. The van der Waals surface area contributed by atoms with Crippen molar-refractivity contribution in [3.63, 3.8) is 0 Å². The molecule has 10 nitrogen and oxygen atoms in total. The minimum absolute atomic E-state index is 0.0184. The number of carbonyl (C=O) groups is 4. The van der Waals surface area contributed by atoms with Crippen LogP contribution in [0.4, 0.5) is 4.79 Å². The first-order valence-corrected chi connectivity index (χ1v) is 12.8. The van der Waals surface area contributed by atoms with Crippen molar-refractivity contribution in [2.75, 3.05) is 13.2 Å². The van der Waals surface area contributed by atoms with Crippen LogP contribution in [-0.2, 0) is 30.3 Å². The largest absolute Gasteiger partial charge is 0.508 e. The minimum Gasteiger partial charge on any atom is -0.480 e. The lowest BCUT2D eigenvalue weighted by atomic mass is 9.97. The third-order valence-electron chi connectivity index (χ3n) is 5.51. The highest BCUT2D eigenvalue weighted by Gasteiger charge is 2.29. The summed E-state index contributed by atoms with van der Waals surface area (Å²) >= 11 is 0. The van der Waals surface area contributed by atoms with Gasteiger partial charge in [0, 0.05) is 6.54 Å². The maximum Gasteiger partial charge on any atom is 0.508 e. The Balaban J connectivity index is 2.99. The number of hydrogen-bond donors (Lipinski definition) is 2. The second-order valence-electron chi connectivity index (χ2n) is 11.6. The van der Waals surface area contributed by atoms with Gasteiger partial charge in [0.25, 0.3) is 0 Å². The summed E-state index contributed by atoms with van der Waals surface area (Å²) in [6.45, 7) is 16.0. The molecule has 0 spiro atoms. The van der Waals surface area contributed by atoms with Crippen LogP contribution in [0.25, 0.3) is 0 Å². The molecule has 0 bridgehead atoms. The number of carboxylic acid groups (broad SMARTS) is 1. The Bertz CT molecular complexity index is 976. The van der Waals surface area contributed by atoms with Crippen molar-refractivity contribution in [1.82, 2.24) is 5.32 Å². The maximum atomic E-state index is 12.6. The number of nitrogens with one attached hydrogen (secondary N) is 1. The van der Waals surface area contributed by atoms with Crippen LogP contribution in [0, 0.1) is 16.7 Å². The van der Waals surface area contributed by atoms with E-state index in [0.29, 0.717) is 5.56 Å². The van der Waals surface area contributed by atoms with Crippen molar-refractivity contribution in [3.8, 4) is 11.5 Å². The number of carboxylic acids is 1. The van der Waals surface area contributed by atoms with Gasteiger partial charge in [0.15, 0.2) is 11.5 Å². The van der Waals surface area contributed by atoms with Crippen LogP contribution in [0.15, 0.2) is 18.2 Å². The standard InChI is InChI=1S/C28H43NO9/c1-10-17(2)16-35-26(34)36-18(3)15-29-20(23(30)31)13-19-11-12-21(37-24(32)27(4,5)6)22(14-19)38-25(33)28(7,8)9/h11-12,14,17-18,20,29H,10,13,15-16H2,1-9H3,(H,30,31)/t17?,18?,20-/m0/s1. The van der Waals surface area contributed by atoms with Crippen molar-refractivity contribution in [2.24, 2.45) is 16.7 Å². The molecule has 0 aromatic heterocycles. The molecule has 2 N–H and O–H groups in total. The summed E-state index contributed by atoms with van der Waals surface area (Å²) in [4.78, 5) is 48.8. The second kappa shape index (κ2) is 14.1. The fourth-order valence-electron chi connectivity index (χ4n) is 2.71. The fourth-order valence-corrected chi connectivity index (χ4v) is 2.71. The van der Waals surface area contributed by atoms with E-state index in [1.807, 2.05) is 13.8 Å². The Morgan fingerprint density at radius 3 is 1.97 bits per heavy atom. The molecule has 1 aromatic rings. The molecule has 0 saturated heterocycles. The summed E-state index contributed by atoms with van der Waals surface area (Å²) in [6.07, 6.45) is -0.559. The summed E-state index contributed by atoms with van der Waals surface area (Å²) in [7, 11) is 0. The molecule has 0 radical (unpaired) electrons. The predicted octanol–water partition coefficient (Wildman–Crippen LogP) is 4.76. The van der Waals surface area contributed by atoms with Crippen LogP contribution in [0.3, 0.4) is 0 Å². The SMILES string of the molecule is CCC(C)COC(=O)OC(C)CN[C@@H](Cc1ccc(OC(=O)C(C)(C)C)c(OC(=O)C(C)(C)C)c1)C(=O)O. The molecule has 1 aromatic carbocycles. The fraction of sp³-hybridized carbons (Fsp3) is 0.643. The van der Waals surface area contributed by atoms with Gasteiger partial charge in [0.2, 0.25) is 0 Å². The van der Waals surface area contributed by atoms with Crippen molar-refractivity contribution in [2.45, 2.75) is 87.3 Å². The van der Waals surface area contributed by atoms with Gasteiger partial charge in [0.05, 0.1) is 17.4 Å². The Kier molecular flexibility index (Phi) is 12.2. The van der Waals surface area contributed by atoms with E-state index in [-0.39, 0.29) is 37.0 Å². The van der Waals surface area contributed by atoms with Gasteiger partial charge in [-0.05, 0) is 78.5 Å². The number of rotatable bonds is 12. The summed E-state index contributed by atoms with van der Waals surface area (Å²) in [5.74, 6) is -1.88. The van der Waals surface area contributed by atoms with E-state index in [4.69, 9.17) is 18.9 Å². The molecule has 10 heteroatoms. The third-order valence-corrected chi connectivity index (χ3v) is 5.51. The van der Waals surface area contributed by atoms with Gasteiger partial charge in [-0.1, -0.05) is 26.3 Å². The molecule has 0 fully saturated rings. The lowest BCUT2D eigenvalue weighted by molar-refractivity contribution is -0.145. The molecule has 1 rings (SSSR count). The summed E-state index contributed by atoms with van der Waals surface area (Å²) in [5.41, 5.74) is -1.08. The first-order chi connectivity index (χ1) is 17.4. The molecule has 3 atom stereocenters. The van der Waals surface area contributed by atoms with Gasteiger partial charge in [0.1, 0.15) is 12.1 Å². The zero-order valence-electron chi connectivity index (χ0n) is 24.0. The molecule has 0 heterocycles. The number of ether oxygens (including phenoxy) is 4. The van der Waals surface area contributed by atoms with E-state index < -0.39 is 47.0 Å². The molecule has 38 heavy (non-hydrogen) atoms. The normalized spacial score (nSPS) is 14.1. The Morgan fingerprint density at radius 1 is 0.921 bits per heavy atom. The van der Waals surface area contributed by atoms with Crippen LogP contribution in [-0.4, -0.2) is 54.5 Å².